The first-order valence-corrected chi connectivity index (χ1v) is 13.2. The van der Waals surface area contributed by atoms with Crippen molar-refractivity contribution in [3.8, 4) is 28.6 Å². The van der Waals surface area contributed by atoms with E-state index >= 15 is 0 Å². The second-order valence-corrected chi connectivity index (χ2v) is 11.6. The molecule has 1 aliphatic rings. The van der Waals surface area contributed by atoms with Crippen molar-refractivity contribution in [1.82, 2.24) is 0 Å². The van der Waals surface area contributed by atoms with E-state index in [0.717, 1.165) is 10.3 Å². The van der Waals surface area contributed by atoms with Gasteiger partial charge in [-0.3, -0.25) is 0 Å². The van der Waals surface area contributed by atoms with Gasteiger partial charge in [0, 0.05) is 44.5 Å². The number of ether oxygens (including phenoxy) is 1. The largest absolute Gasteiger partial charge is 0.480 e. The van der Waals surface area contributed by atoms with Crippen LogP contribution in [0.1, 0.15) is 18.7 Å². The zero-order chi connectivity index (χ0) is 26.3. The van der Waals surface area contributed by atoms with Crippen molar-refractivity contribution in [3.63, 3.8) is 0 Å². The molecule has 0 N–H and O–H groups in total. The van der Waals surface area contributed by atoms with Gasteiger partial charge in [0.1, 0.15) is 29.4 Å². The van der Waals surface area contributed by atoms with E-state index in [4.69, 9.17) is 4.74 Å². The van der Waals surface area contributed by atoms with E-state index in [1.165, 1.54) is 30.9 Å². The van der Waals surface area contributed by atoms with Crippen LogP contribution < -0.4 is 4.90 Å². The summed E-state index contributed by atoms with van der Waals surface area (Å²) in [4.78, 5) is 4.39. The van der Waals surface area contributed by atoms with Crippen molar-refractivity contribution in [2.24, 2.45) is 0 Å². The van der Waals surface area contributed by atoms with Crippen LogP contribution in [0.5, 0.6) is 0 Å². The molecule has 7 heteroatoms. The zero-order valence-corrected chi connectivity index (χ0v) is 22.4. The van der Waals surface area contributed by atoms with Gasteiger partial charge >= 0.3 is 0 Å². The molecule has 0 saturated carbocycles. The van der Waals surface area contributed by atoms with Gasteiger partial charge < -0.3 is 9.64 Å². The number of benzene rings is 2. The molecule has 0 fully saturated rings. The molecule has 0 unspecified atom stereocenters. The fourth-order valence-electron chi connectivity index (χ4n) is 4.39. The predicted molar refractivity (Wildman–Crippen MR) is 152 cm³/mol. The fraction of sp³-hybridized carbons (Fsp3) is 0.167. The average Bonchev–Trinajstić information content (AvgIpc) is 3.54. The number of nitrogens with zero attached hydrogens (tertiary/aromatic N) is 4. The number of fused-ring (bicyclic) bond motifs is 2. The first kappa shape index (κ1) is 24.3. The molecule has 180 valence electrons. The van der Waals surface area contributed by atoms with E-state index in [9.17, 15) is 15.8 Å². The van der Waals surface area contributed by atoms with Crippen LogP contribution in [0.25, 0.3) is 36.7 Å². The van der Waals surface area contributed by atoms with Gasteiger partial charge in [0.25, 0.3) is 0 Å². The van der Waals surface area contributed by atoms with Crippen LogP contribution in [0.15, 0.2) is 77.1 Å². The highest BCUT2D eigenvalue weighted by Crippen LogP contribution is 2.42. The van der Waals surface area contributed by atoms with Crippen molar-refractivity contribution in [2.75, 3.05) is 19.0 Å². The Labute approximate surface area is 223 Å². The Kier molecular flexibility index (Phi) is 6.10. The van der Waals surface area contributed by atoms with Crippen LogP contribution in [-0.4, -0.2) is 19.7 Å². The summed E-state index contributed by atoms with van der Waals surface area (Å²) >= 11 is 3.47. The van der Waals surface area contributed by atoms with Gasteiger partial charge in [-0.25, -0.2) is 0 Å². The monoisotopic (exact) mass is 518 g/mol. The van der Waals surface area contributed by atoms with Crippen molar-refractivity contribution >= 4 is 54.6 Å². The summed E-state index contributed by atoms with van der Waals surface area (Å²) in [6.45, 7) is 3.65. The van der Waals surface area contributed by atoms with E-state index in [2.05, 4.69) is 59.5 Å². The van der Waals surface area contributed by atoms with Gasteiger partial charge in [-0.05, 0) is 72.7 Å². The lowest BCUT2D eigenvalue weighted by Crippen LogP contribution is -2.20. The zero-order valence-electron chi connectivity index (χ0n) is 20.8. The predicted octanol–water partition coefficient (Wildman–Crippen LogP) is 7.79. The molecule has 5 nitrogen and oxygen atoms in total. The van der Waals surface area contributed by atoms with Gasteiger partial charge in [0.15, 0.2) is 11.3 Å². The minimum absolute atomic E-state index is 0.0564. The molecule has 0 saturated heterocycles. The summed E-state index contributed by atoms with van der Waals surface area (Å²) in [5, 5.41) is 30.6. The highest BCUT2D eigenvalue weighted by atomic mass is 32.1. The average molecular weight is 519 g/mol. The number of thiophene rings is 2. The van der Waals surface area contributed by atoms with Crippen molar-refractivity contribution in [3.05, 3.63) is 82.0 Å². The normalized spacial score (nSPS) is 14.6. The lowest BCUT2D eigenvalue weighted by molar-refractivity contribution is 0.0954. The topological polar surface area (TPSA) is 83.8 Å². The van der Waals surface area contributed by atoms with Crippen LogP contribution in [0.3, 0.4) is 0 Å². The summed E-state index contributed by atoms with van der Waals surface area (Å²) in [6, 6.07) is 23.2. The maximum atomic E-state index is 9.74. The van der Waals surface area contributed by atoms with Gasteiger partial charge in [-0.15, -0.1) is 22.7 Å². The number of anilines is 1. The fourth-order valence-corrected chi connectivity index (χ4v) is 6.54. The number of nitriles is 3. The highest BCUT2D eigenvalue weighted by molar-refractivity contribution is 7.23. The summed E-state index contributed by atoms with van der Waals surface area (Å²) in [5.74, 6) is 0.0564. The van der Waals surface area contributed by atoms with Crippen LogP contribution in [0.4, 0.5) is 5.69 Å². The third kappa shape index (κ3) is 4.39. The molecule has 2 aromatic heterocycles. The van der Waals surface area contributed by atoms with E-state index < -0.39 is 5.60 Å². The van der Waals surface area contributed by atoms with Crippen LogP contribution >= 0.6 is 22.7 Å². The summed E-state index contributed by atoms with van der Waals surface area (Å²) in [5.41, 5.74) is 2.26. The molecule has 0 aliphatic carbocycles. The molecule has 1 aliphatic heterocycles. The van der Waals surface area contributed by atoms with Gasteiger partial charge in [-0.1, -0.05) is 18.2 Å². The standard InChI is InChI=1S/C30H22N4OS2/c1-30(2)25(24(17-33)29(35-30)21(15-31)16-32)10-9-23-12-19-11-20-13-26(37-28(20)14-27(19)36-23)18-5-7-22(8-6-18)34(3)4/h5-14H,1-4H3/b10-9+. The molecule has 5 rings (SSSR count). The number of rotatable bonds is 4. The summed E-state index contributed by atoms with van der Waals surface area (Å²) < 4.78 is 8.29. The molecule has 0 atom stereocenters. The SMILES string of the molecule is CN(C)c1ccc(-c2cc3cc4cc(/C=C/C5=C(C#N)C(=C(C#N)C#N)OC5(C)C)sc4cc3s2)cc1. The molecule has 0 spiro atoms. The molecule has 37 heavy (non-hydrogen) atoms. The Hall–Kier alpha value is -4.35. The van der Waals surface area contributed by atoms with Crippen molar-refractivity contribution < 1.29 is 4.74 Å². The quantitative estimate of drug-likeness (QED) is 0.257. The second-order valence-electron chi connectivity index (χ2n) is 9.40. The smallest absolute Gasteiger partial charge is 0.172 e. The number of hydrogen-bond donors (Lipinski definition) is 0. The maximum Gasteiger partial charge on any atom is 0.172 e. The molecule has 4 aromatic rings. The molecular formula is C30H22N4OS2. The van der Waals surface area contributed by atoms with Gasteiger partial charge in [-0.2, -0.15) is 15.8 Å². The Morgan fingerprint density at radius 2 is 1.57 bits per heavy atom. The third-order valence-electron chi connectivity index (χ3n) is 6.32. The number of allylic oxidation sites excluding steroid dienone is 2. The third-order valence-corrected chi connectivity index (χ3v) is 8.53. The molecule has 0 radical (unpaired) electrons. The summed E-state index contributed by atoms with van der Waals surface area (Å²) in [7, 11) is 4.08. The van der Waals surface area contributed by atoms with Crippen LogP contribution in [0.2, 0.25) is 0 Å². The molecular weight excluding hydrogens is 496 g/mol. The van der Waals surface area contributed by atoms with E-state index in [1.807, 2.05) is 52.2 Å². The minimum atomic E-state index is -0.823. The Morgan fingerprint density at radius 1 is 0.892 bits per heavy atom. The van der Waals surface area contributed by atoms with Crippen molar-refractivity contribution in [2.45, 2.75) is 19.4 Å². The van der Waals surface area contributed by atoms with E-state index in [-0.39, 0.29) is 16.9 Å². The first-order chi connectivity index (χ1) is 17.7. The van der Waals surface area contributed by atoms with Crippen LogP contribution in [0, 0.1) is 34.0 Å². The lowest BCUT2D eigenvalue weighted by atomic mass is 9.94. The van der Waals surface area contributed by atoms with Gasteiger partial charge in [0.05, 0.1) is 0 Å². The lowest BCUT2D eigenvalue weighted by Gasteiger charge is -2.20. The van der Waals surface area contributed by atoms with Crippen molar-refractivity contribution in [1.29, 1.82) is 15.8 Å². The molecule has 3 heterocycles. The van der Waals surface area contributed by atoms with E-state index in [0.29, 0.717) is 5.57 Å². The Morgan fingerprint density at radius 3 is 2.22 bits per heavy atom. The molecule has 0 bridgehead atoms. The summed E-state index contributed by atoms with van der Waals surface area (Å²) in [6.07, 6.45) is 3.83. The first-order valence-electron chi connectivity index (χ1n) is 11.6. The van der Waals surface area contributed by atoms with Crippen LogP contribution in [-0.2, 0) is 4.74 Å². The Bertz CT molecular complexity index is 1710. The Balaban J connectivity index is 1.48. The number of hydrogen-bond acceptors (Lipinski definition) is 7. The molecule has 0 amide bonds. The van der Waals surface area contributed by atoms with E-state index in [1.54, 1.807) is 22.7 Å². The highest BCUT2D eigenvalue weighted by Gasteiger charge is 2.38. The second kappa shape index (κ2) is 9.26. The van der Waals surface area contributed by atoms with Gasteiger partial charge in [0.2, 0.25) is 0 Å². The minimum Gasteiger partial charge on any atom is -0.480 e. The maximum absolute atomic E-state index is 9.74. The molecule has 2 aromatic carbocycles.